The lowest BCUT2D eigenvalue weighted by atomic mass is 10.0. The van der Waals surface area contributed by atoms with Crippen LogP contribution in [0.15, 0.2) is 69.6 Å². The zero-order valence-corrected chi connectivity index (χ0v) is 19.6. The van der Waals surface area contributed by atoms with E-state index in [4.69, 9.17) is 13.6 Å². The molecule has 0 bridgehead atoms. The smallest absolute Gasteiger partial charge is 0.283 e. The number of hydrogen-bond acceptors (Lipinski definition) is 7. The van der Waals surface area contributed by atoms with Gasteiger partial charge in [-0.25, -0.2) is 0 Å². The van der Waals surface area contributed by atoms with Crippen LogP contribution in [0, 0.1) is 6.92 Å². The number of ether oxygens (including phenoxy) is 1. The molecule has 35 heavy (non-hydrogen) atoms. The number of rotatable bonds is 7. The molecule has 1 aliphatic heterocycles. The zero-order valence-electron chi connectivity index (χ0n) is 19.6. The molecule has 0 radical (unpaired) electrons. The van der Waals surface area contributed by atoms with Gasteiger partial charge in [0.15, 0.2) is 5.76 Å². The van der Waals surface area contributed by atoms with Gasteiger partial charge in [-0.2, -0.15) is 0 Å². The summed E-state index contributed by atoms with van der Waals surface area (Å²) in [5.41, 5.74) is 1.97. The van der Waals surface area contributed by atoms with E-state index in [9.17, 15) is 5.11 Å². The monoisotopic (exact) mass is 472 g/mol. The first-order chi connectivity index (χ1) is 17.1. The number of fused-ring (bicyclic) bond motifs is 2. The first kappa shape index (κ1) is 21.9. The number of para-hydroxylation sites is 1. The zero-order chi connectivity index (χ0) is 23.8. The highest BCUT2D eigenvalue weighted by molar-refractivity contribution is 5.87. The van der Waals surface area contributed by atoms with Crippen molar-refractivity contribution in [1.29, 1.82) is 0 Å². The molecule has 1 unspecified atom stereocenters. The molecule has 6 rings (SSSR count). The molecule has 0 spiro atoms. The Balaban J connectivity index is 1.05. The van der Waals surface area contributed by atoms with Crippen molar-refractivity contribution in [3.63, 3.8) is 0 Å². The Hall–Kier alpha value is -3.62. The maximum Gasteiger partial charge on any atom is 0.283 e. The summed E-state index contributed by atoms with van der Waals surface area (Å²) in [5, 5.41) is 20.7. The molecule has 0 amide bonds. The molecule has 1 N–H and O–H groups in total. The Morgan fingerprint density at radius 1 is 1.06 bits per heavy atom. The number of nitrogens with zero attached hydrogens (tertiary/aromatic N) is 4. The second-order valence-electron chi connectivity index (χ2n) is 9.18. The summed E-state index contributed by atoms with van der Waals surface area (Å²) in [6.45, 7) is 4.45. The third kappa shape index (κ3) is 4.42. The standard InChI is InChI=1S/C27H28N4O4/c1-18-28-29-27(34-18)26-15-22-24(7-4-8-25(22)35-26)33-17-21(32)16-30-12-10-20(11-13-30)31-14-9-19-5-2-3-6-23(19)31/h2-9,14-15,20-21,32H,10-13,16-17H2,1H3. The normalized spacial score (nSPS) is 16.3. The molecule has 8 heteroatoms. The van der Waals surface area contributed by atoms with Crippen LogP contribution in [0.5, 0.6) is 5.75 Å². The molecule has 0 saturated carbocycles. The quantitative estimate of drug-likeness (QED) is 0.363. The fraction of sp³-hybridized carbons (Fsp3) is 0.333. The van der Waals surface area contributed by atoms with Gasteiger partial charge in [-0.3, -0.25) is 0 Å². The molecule has 180 valence electrons. The summed E-state index contributed by atoms with van der Waals surface area (Å²) < 4.78 is 19.7. The van der Waals surface area contributed by atoms with Crippen molar-refractivity contribution in [3.05, 3.63) is 66.7 Å². The summed E-state index contributed by atoms with van der Waals surface area (Å²) in [6.07, 6.45) is 3.76. The van der Waals surface area contributed by atoms with Crippen LogP contribution >= 0.6 is 0 Å². The van der Waals surface area contributed by atoms with Crippen LogP contribution in [0.3, 0.4) is 0 Å². The average molecular weight is 473 g/mol. The van der Waals surface area contributed by atoms with E-state index >= 15 is 0 Å². The molecule has 0 aliphatic carbocycles. The topological polar surface area (TPSA) is 89.7 Å². The van der Waals surface area contributed by atoms with Crippen LogP contribution in [0.4, 0.5) is 0 Å². The number of β-amino-alcohol motifs (C(OH)–C–C–N with tert-alkyl or cyclic N) is 1. The Morgan fingerprint density at radius 3 is 2.74 bits per heavy atom. The van der Waals surface area contributed by atoms with Gasteiger partial charge in [0.2, 0.25) is 5.89 Å². The van der Waals surface area contributed by atoms with E-state index in [2.05, 4.69) is 56.2 Å². The van der Waals surface area contributed by atoms with Crippen LogP contribution in [-0.4, -0.2) is 57.1 Å². The molecule has 5 aromatic rings. The van der Waals surface area contributed by atoms with Crippen LogP contribution in [0.2, 0.25) is 0 Å². The van der Waals surface area contributed by atoms with Gasteiger partial charge < -0.3 is 28.1 Å². The van der Waals surface area contributed by atoms with Gasteiger partial charge in [-0.1, -0.05) is 24.3 Å². The molecule has 1 fully saturated rings. The average Bonchev–Trinajstić information content (AvgIpc) is 3.61. The summed E-state index contributed by atoms with van der Waals surface area (Å²) in [7, 11) is 0. The first-order valence-electron chi connectivity index (χ1n) is 12.1. The highest BCUT2D eigenvalue weighted by atomic mass is 16.5. The molecular formula is C27H28N4O4. The van der Waals surface area contributed by atoms with Crippen molar-refractivity contribution in [1.82, 2.24) is 19.7 Å². The minimum Gasteiger partial charge on any atom is -0.490 e. The number of hydrogen-bond donors (Lipinski definition) is 1. The van der Waals surface area contributed by atoms with Crippen molar-refractivity contribution in [3.8, 4) is 17.4 Å². The Labute approximate surface area is 202 Å². The second kappa shape index (κ2) is 9.20. The van der Waals surface area contributed by atoms with Crippen molar-refractivity contribution >= 4 is 21.9 Å². The lowest BCUT2D eigenvalue weighted by Gasteiger charge is -2.34. The molecular weight excluding hydrogens is 444 g/mol. The lowest BCUT2D eigenvalue weighted by molar-refractivity contribution is 0.0566. The SMILES string of the molecule is Cc1nnc(-c2cc3c(OCC(O)CN4CCC(n5ccc6ccccc65)CC4)cccc3o2)o1. The number of aliphatic hydroxyl groups is 1. The maximum absolute atomic E-state index is 10.7. The van der Waals surface area contributed by atoms with Crippen molar-refractivity contribution < 1.29 is 18.7 Å². The van der Waals surface area contributed by atoms with E-state index in [0.717, 1.165) is 31.3 Å². The fourth-order valence-electron chi connectivity index (χ4n) is 5.00. The largest absolute Gasteiger partial charge is 0.490 e. The highest BCUT2D eigenvalue weighted by Gasteiger charge is 2.23. The van der Waals surface area contributed by atoms with Crippen LogP contribution in [-0.2, 0) is 0 Å². The van der Waals surface area contributed by atoms with Gasteiger partial charge >= 0.3 is 0 Å². The second-order valence-corrected chi connectivity index (χ2v) is 9.18. The Morgan fingerprint density at radius 2 is 1.91 bits per heavy atom. The van der Waals surface area contributed by atoms with Crippen LogP contribution in [0.1, 0.15) is 24.8 Å². The highest BCUT2D eigenvalue weighted by Crippen LogP contribution is 2.33. The molecule has 8 nitrogen and oxygen atoms in total. The summed E-state index contributed by atoms with van der Waals surface area (Å²) in [6, 6.07) is 18.7. The van der Waals surface area contributed by atoms with E-state index in [1.54, 1.807) is 6.92 Å². The number of aliphatic hydroxyl groups excluding tert-OH is 1. The van der Waals surface area contributed by atoms with E-state index < -0.39 is 6.10 Å². The predicted molar refractivity (Wildman–Crippen MR) is 132 cm³/mol. The van der Waals surface area contributed by atoms with Crippen molar-refractivity contribution in [2.75, 3.05) is 26.2 Å². The number of likely N-dealkylation sites (tertiary alicyclic amines) is 1. The lowest BCUT2D eigenvalue weighted by Crippen LogP contribution is -2.41. The Bertz CT molecular complexity index is 1440. The maximum atomic E-state index is 10.7. The first-order valence-corrected chi connectivity index (χ1v) is 12.1. The Kier molecular flexibility index (Phi) is 5.75. The van der Waals surface area contributed by atoms with Crippen LogP contribution < -0.4 is 4.74 Å². The van der Waals surface area contributed by atoms with Gasteiger partial charge in [0.25, 0.3) is 5.89 Å². The van der Waals surface area contributed by atoms with E-state index in [1.165, 1.54) is 10.9 Å². The third-order valence-electron chi connectivity index (χ3n) is 6.74. The predicted octanol–water partition coefficient (Wildman–Crippen LogP) is 4.82. The van der Waals surface area contributed by atoms with Gasteiger partial charge in [0.1, 0.15) is 24.0 Å². The minimum absolute atomic E-state index is 0.210. The van der Waals surface area contributed by atoms with Gasteiger partial charge in [-0.15, -0.1) is 10.2 Å². The molecule has 1 aliphatic rings. The number of aromatic nitrogens is 3. The van der Waals surface area contributed by atoms with Crippen LogP contribution in [0.25, 0.3) is 33.5 Å². The molecule has 4 heterocycles. The van der Waals surface area contributed by atoms with E-state index in [0.29, 0.717) is 41.5 Å². The number of benzene rings is 2. The van der Waals surface area contributed by atoms with Crippen molar-refractivity contribution in [2.24, 2.45) is 0 Å². The molecule has 3 aromatic heterocycles. The molecule has 2 aromatic carbocycles. The third-order valence-corrected chi connectivity index (χ3v) is 6.74. The fourth-order valence-corrected chi connectivity index (χ4v) is 5.00. The number of piperidine rings is 1. The van der Waals surface area contributed by atoms with Gasteiger partial charge in [-0.05, 0) is 42.5 Å². The summed E-state index contributed by atoms with van der Waals surface area (Å²) in [5.74, 6) is 1.97. The minimum atomic E-state index is -0.584. The summed E-state index contributed by atoms with van der Waals surface area (Å²) >= 11 is 0. The van der Waals surface area contributed by atoms with Gasteiger partial charge in [0, 0.05) is 50.4 Å². The van der Waals surface area contributed by atoms with E-state index in [-0.39, 0.29) is 6.61 Å². The number of aryl methyl sites for hydroxylation is 1. The van der Waals surface area contributed by atoms with Gasteiger partial charge in [0.05, 0.1) is 5.39 Å². The van der Waals surface area contributed by atoms with E-state index in [1.807, 2.05) is 24.3 Å². The summed E-state index contributed by atoms with van der Waals surface area (Å²) in [4.78, 5) is 2.32. The molecule has 1 saturated heterocycles. The number of furan rings is 1. The van der Waals surface area contributed by atoms with Crippen molar-refractivity contribution in [2.45, 2.75) is 31.9 Å². The molecule has 1 atom stereocenters.